The highest BCUT2D eigenvalue weighted by Crippen LogP contribution is 2.20. The van der Waals surface area contributed by atoms with Gasteiger partial charge in [-0.05, 0) is 25.2 Å². The van der Waals surface area contributed by atoms with Crippen LogP contribution in [0.25, 0.3) is 0 Å². The van der Waals surface area contributed by atoms with E-state index in [0.29, 0.717) is 12.1 Å². The van der Waals surface area contributed by atoms with Crippen LogP contribution < -0.4 is 11.1 Å². The van der Waals surface area contributed by atoms with Crippen molar-refractivity contribution in [2.45, 2.75) is 0 Å². The second kappa shape index (κ2) is 6.58. The molecule has 1 heterocycles. The molecule has 4 N–H and O–H groups in total. The van der Waals surface area contributed by atoms with Gasteiger partial charge in [0.25, 0.3) is 5.91 Å². The molecule has 1 aromatic carbocycles. The Labute approximate surface area is 119 Å². The highest BCUT2D eigenvalue weighted by Gasteiger charge is 2.13. The van der Waals surface area contributed by atoms with Crippen molar-refractivity contribution in [3.63, 3.8) is 0 Å². The second-order valence-electron chi connectivity index (χ2n) is 5.17. The van der Waals surface area contributed by atoms with Crippen molar-refractivity contribution in [3.05, 3.63) is 23.8 Å². The van der Waals surface area contributed by atoms with E-state index in [1.165, 1.54) is 12.1 Å². The number of carbonyl (C=O) groups excluding carboxylic acids is 1. The average molecular weight is 278 g/mol. The zero-order valence-corrected chi connectivity index (χ0v) is 11.8. The van der Waals surface area contributed by atoms with Crippen molar-refractivity contribution < 1.29 is 9.90 Å². The standard InChI is InChI=1S/C14H22N4O2/c1-17-6-8-18(9-7-17)5-4-16-14(20)11-2-3-12(15)13(19)10-11/h2-3,10,19H,4-9,15H2,1H3,(H,16,20). The zero-order valence-electron chi connectivity index (χ0n) is 11.8. The minimum absolute atomic E-state index is 0.0586. The lowest BCUT2D eigenvalue weighted by Crippen LogP contribution is -2.46. The summed E-state index contributed by atoms with van der Waals surface area (Å²) in [5.41, 5.74) is 6.21. The summed E-state index contributed by atoms with van der Waals surface area (Å²) in [5.74, 6) is -0.244. The lowest BCUT2D eigenvalue weighted by atomic mass is 10.2. The molecular formula is C14H22N4O2. The van der Waals surface area contributed by atoms with Crippen LogP contribution in [-0.2, 0) is 0 Å². The van der Waals surface area contributed by atoms with Crippen molar-refractivity contribution in [1.82, 2.24) is 15.1 Å². The number of nitrogens with two attached hydrogens (primary N) is 1. The molecule has 0 aromatic heterocycles. The summed E-state index contributed by atoms with van der Waals surface area (Å²) in [5, 5.41) is 12.3. The highest BCUT2D eigenvalue weighted by molar-refractivity contribution is 5.95. The van der Waals surface area contributed by atoms with Crippen LogP contribution >= 0.6 is 0 Å². The topological polar surface area (TPSA) is 81.8 Å². The third kappa shape index (κ3) is 3.85. The Bertz CT molecular complexity index is 470. The Hall–Kier alpha value is -1.79. The quantitative estimate of drug-likeness (QED) is 0.531. The molecule has 1 amide bonds. The number of likely N-dealkylation sites (N-methyl/N-ethyl adjacent to an activating group) is 1. The van der Waals surface area contributed by atoms with Crippen molar-refractivity contribution >= 4 is 11.6 Å². The number of piperazine rings is 1. The van der Waals surface area contributed by atoms with E-state index in [1.54, 1.807) is 6.07 Å². The number of anilines is 1. The van der Waals surface area contributed by atoms with E-state index < -0.39 is 0 Å². The predicted octanol–water partition coefficient (Wildman–Crippen LogP) is -0.0484. The zero-order chi connectivity index (χ0) is 14.5. The van der Waals surface area contributed by atoms with Gasteiger partial charge in [0.15, 0.2) is 0 Å². The van der Waals surface area contributed by atoms with Gasteiger partial charge in [-0.25, -0.2) is 0 Å². The minimum atomic E-state index is -0.186. The van der Waals surface area contributed by atoms with E-state index >= 15 is 0 Å². The molecule has 0 bridgehead atoms. The molecule has 2 rings (SSSR count). The number of nitrogen functional groups attached to an aromatic ring is 1. The van der Waals surface area contributed by atoms with Crippen molar-refractivity contribution in [2.75, 3.05) is 52.0 Å². The summed E-state index contributed by atoms with van der Waals surface area (Å²) in [4.78, 5) is 16.5. The molecule has 1 fully saturated rings. The number of rotatable bonds is 4. The monoisotopic (exact) mass is 278 g/mol. The Kier molecular flexibility index (Phi) is 4.81. The van der Waals surface area contributed by atoms with Gasteiger partial charge >= 0.3 is 0 Å². The molecule has 0 radical (unpaired) electrons. The molecule has 6 heteroatoms. The Morgan fingerprint density at radius 1 is 1.35 bits per heavy atom. The van der Waals surface area contributed by atoms with Crippen LogP contribution in [0.2, 0.25) is 0 Å². The van der Waals surface area contributed by atoms with Gasteiger partial charge in [-0.15, -0.1) is 0 Å². The van der Waals surface area contributed by atoms with E-state index in [1.807, 2.05) is 0 Å². The van der Waals surface area contributed by atoms with Gasteiger partial charge in [0, 0.05) is 44.8 Å². The number of carbonyl (C=O) groups is 1. The third-order valence-electron chi connectivity index (χ3n) is 3.60. The summed E-state index contributed by atoms with van der Waals surface area (Å²) in [6.07, 6.45) is 0. The number of aromatic hydroxyl groups is 1. The fourth-order valence-electron chi connectivity index (χ4n) is 2.19. The van der Waals surface area contributed by atoms with Gasteiger partial charge in [-0.3, -0.25) is 9.69 Å². The normalized spacial score (nSPS) is 17.1. The number of hydrogen-bond acceptors (Lipinski definition) is 5. The Morgan fingerprint density at radius 2 is 2.05 bits per heavy atom. The summed E-state index contributed by atoms with van der Waals surface area (Å²) in [7, 11) is 2.12. The summed E-state index contributed by atoms with van der Waals surface area (Å²) >= 11 is 0. The number of phenols is 1. The van der Waals surface area contributed by atoms with Crippen molar-refractivity contribution in [1.29, 1.82) is 0 Å². The van der Waals surface area contributed by atoms with Gasteiger partial charge in [0.05, 0.1) is 5.69 Å². The summed E-state index contributed by atoms with van der Waals surface area (Å²) in [6.45, 7) is 5.66. The largest absolute Gasteiger partial charge is 0.506 e. The molecule has 0 aliphatic carbocycles. The molecule has 110 valence electrons. The summed E-state index contributed by atoms with van der Waals surface area (Å²) < 4.78 is 0. The lowest BCUT2D eigenvalue weighted by molar-refractivity contribution is 0.0940. The molecule has 6 nitrogen and oxygen atoms in total. The number of nitrogens with zero attached hydrogens (tertiary/aromatic N) is 2. The molecule has 1 aliphatic rings. The van der Waals surface area contributed by atoms with Crippen LogP contribution in [0.5, 0.6) is 5.75 Å². The molecule has 20 heavy (non-hydrogen) atoms. The maximum Gasteiger partial charge on any atom is 0.251 e. The van der Waals surface area contributed by atoms with Crippen LogP contribution in [0, 0.1) is 0 Å². The van der Waals surface area contributed by atoms with Crippen molar-refractivity contribution in [2.24, 2.45) is 0 Å². The smallest absolute Gasteiger partial charge is 0.251 e. The van der Waals surface area contributed by atoms with E-state index in [0.717, 1.165) is 32.7 Å². The van der Waals surface area contributed by atoms with Gasteiger partial charge < -0.3 is 21.1 Å². The van der Waals surface area contributed by atoms with Gasteiger partial charge in [0.1, 0.15) is 5.75 Å². The molecule has 0 saturated carbocycles. The molecular weight excluding hydrogens is 256 g/mol. The SMILES string of the molecule is CN1CCN(CCNC(=O)c2ccc(N)c(O)c2)CC1. The number of hydrogen-bond donors (Lipinski definition) is 3. The first kappa shape index (κ1) is 14.6. The number of amides is 1. The van der Waals surface area contributed by atoms with Gasteiger partial charge in [-0.2, -0.15) is 0 Å². The van der Waals surface area contributed by atoms with Gasteiger partial charge in [0.2, 0.25) is 0 Å². The van der Waals surface area contributed by atoms with E-state index in [4.69, 9.17) is 5.73 Å². The first-order valence-corrected chi connectivity index (χ1v) is 6.84. The van der Waals surface area contributed by atoms with Crippen LogP contribution in [0.3, 0.4) is 0 Å². The van der Waals surface area contributed by atoms with Crippen LogP contribution in [0.15, 0.2) is 18.2 Å². The second-order valence-corrected chi connectivity index (χ2v) is 5.17. The maximum atomic E-state index is 11.9. The molecule has 1 aliphatic heterocycles. The first-order valence-electron chi connectivity index (χ1n) is 6.84. The predicted molar refractivity (Wildman–Crippen MR) is 78.8 cm³/mol. The summed E-state index contributed by atoms with van der Waals surface area (Å²) in [6, 6.07) is 4.53. The third-order valence-corrected chi connectivity index (χ3v) is 3.60. The number of nitrogens with one attached hydrogen (secondary N) is 1. The average Bonchev–Trinajstić information content (AvgIpc) is 2.44. The van der Waals surface area contributed by atoms with E-state index in [2.05, 4.69) is 22.2 Å². The van der Waals surface area contributed by atoms with E-state index in [-0.39, 0.29) is 17.3 Å². The Morgan fingerprint density at radius 3 is 2.70 bits per heavy atom. The highest BCUT2D eigenvalue weighted by atomic mass is 16.3. The lowest BCUT2D eigenvalue weighted by Gasteiger charge is -2.32. The fraction of sp³-hybridized carbons (Fsp3) is 0.500. The van der Waals surface area contributed by atoms with Gasteiger partial charge in [-0.1, -0.05) is 0 Å². The molecule has 0 spiro atoms. The van der Waals surface area contributed by atoms with Crippen LogP contribution in [0.4, 0.5) is 5.69 Å². The molecule has 1 aromatic rings. The number of benzene rings is 1. The van der Waals surface area contributed by atoms with Crippen LogP contribution in [0.1, 0.15) is 10.4 Å². The van der Waals surface area contributed by atoms with Crippen LogP contribution in [-0.4, -0.2) is 67.1 Å². The molecule has 0 atom stereocenters. The fourth-order valence-corrected chi connectivity index (χ4v) is 2.19. The molecule has 0 unspecified atom stereocenters. The van der Waals surface area contributed by atoms with E-state index in [9.17, 15) is 9.90 Å². The Balaban J connectivity index is 1.76. The van der Waals surface area contributed by atoms with Crippen molar-refractivity contribution in [3.8, 4) is 5.75 Å². The molecule has 1 saturated heterocycles. The maximum absolute atomic E-state index is 11.9. The minimum Gasteiger partial charge on any atom is -0.506 e. The number of phenolic OH excluding ortho intramolecular Hbond substituents is 1. The first-order chi connectivity index (χ1) is 9.56.